The lowest BCUT2D eigenvalue weighted by molar-refractivity contribution is 0.103. The normalized spacial score (nSPS) is 11.0. The fourth-order valence-corrected chi connectivity index (χ4v) is 3.01. The molecule has 0 radical (unpaired) electrons. The second kappa shape index (κ2) is 5.21. The molecule has 0 amide bonds. The highest BCUT2D eigenvalue weighted by Gasteiger charge is 2.18. The number of nitrogens with one attached hydrogen (secondary N) is 1. The molecule has 1 heterocycles. The number of H-pyrrole nitrogens is 1. The SMILES string of the molecule is CCc1cccc2c(C(=O)c3c(C)cccc3C)c[nH]c12. The molecule has 0 aliphatic heterocycles. The van der Waals surface area contributed by atoms with Gasteiger partial charge in [-0.2, -0.15) is 0 Å². The van der Waals surface area contributed by atoms with Crippen molar-refractivity contribution in [3.63, 3.8) is 0 Å². The summed E-state index contributed by atoms with van der Waals surface area (Å²) in [5, 5.41) is 1.02. The molecular formula is C19H19NO. The summed E-state index contributed by atoms with van der Waals surface area (Å²) >= 11 is 0. The number of hydrogen-bond donors (Lipinski definition) is 1. The van der Waals surface area contributed by atoms with E-state index in [-0.39, 0.29) is 5.78 Å². The van der Waals surface area contributed by atoms with Crippen molar-refractivity contribution in [2.75, 3.05) is 0 Å². The van der Waals surface area contributed by atoms with E-state index in [0.29, 0.717) is 0 Å². The van der Waals surface area contributed by atoms with Crippen LogP contribution in [0.2, 0.25) is 0 Å². The fourth-order valence-electron chi connectivity index (χ4n) is 3.01. The Bertz CT molecular complexity index is 806. The van der Waals surface area contributed by atoms with Crippen LogP contribution in [0.25, 0.3) is 10.9 Å². The molecule has 2 heteroatoms. The first-order valence-electron chi connectivity index (χ1n) is 7.33. The topological polar surface area (TPSA) is 32.9 Å². The minimum atomic E-state index is 0.102. The molecule has 3 aromatic rings. The summed E-state index contributed by atoms with van der Waals surface area (Å²) in [4.78, 5) is 16.2. The molecule has 3 rings (SSSR count). The van der Waals surface area contributed by atoms with E-state index < -0.39 is 0 Å². The molecular weight excluding hydrogens is 258 g/mol. The molecule has 2 nitrogen and oxygen atoms in total. The Morgan fingerprint density at radius 3 is 2.38 bits per heavy atom. The lowest BCUT2D eigenvalue weighted by Gasteiger charge is -2.08. The van der Waals surface area contributed by atoms with Crippen LogP contribution < -0.4 is 0 Å². The lowest BCUT2D eigenvalue weighted by atomic mass is 9.94. The third-order valence-electron chi connectivity index (χ3n) is 4.14. The largest absolute Gasteiger partial charge is 0.360 e. The maximum absolute atomic E-state index is 12.9. The number of benzene rings is 2. The standard InChI is InChI=1S/C19H19NO/c1-4-14-9-6-10-15-16(11-20-18(14)15)19(21)17-12(2)7-5-8-13(17)3/h5-11,20H,4H2,1-3H3. The summed E-state index contributed by atoms with van der Waals surface area (Å²) in [7, 11) is 0. The molecule has 21 heavy (non-hydrogen) atoms. The first-order valence-corrected chi connectivity index (χ1v) is 7.33. The van der Waals surface area contributed by atoms with Crippen molar-refractivity contribution in [3.05, 3.63) is 70.4 Å². The van der Waals surface area contributed by atoms with Gasteiger partial charge in [-0.1, -0.05) is 43.3 Å². The van der Waals surface area contributed by atoms with Crippen LogP contribution in [-0.4, -0.2) is 10.8 Å². The Morgan fingerprint density at radius 2 is 1.71 bits per heavy atom. The van der Waals surface area contributed by atoms with E-state index >= 15 is 0 Å². The van der Waals surface area contributed by atoms with Crippen LogP contribution in [0.3, 0.4) is 0 Å². The summed E-state index contributed by atoms with van der Waals surface area (Å²) in [6.45, 7) is 6.11. The van der Waals surface area contributed by atoms with Crippen LogP contribution in [0.15, 0.2) is 42.6 Å². The van der Waals surface area contributed by atoms with Crippen LogP contribution in [0.5, 0.6) is 0 Å². The van der Waals surface area contributed by atoms with Gasteiger partial charge in [-0.15, -0.1) is 0 Å². The number of fused-ring (bicyclic) bond motifs is 1. The zero-order chi connectivity index (χ0) is 15.0. The zero-order valence-corrected chi connectivity index (χ0v) is 12.7. The van der Waals surface area contributed by atoms with Gasteiger partial charge < -0.3 is 4.98 Å². The molecule has 0 aliphatic rings. The second-order valence-electron chi connectivity index (χ2n) is 5.49. The van der Waals surface area contributed by atoms with Crippen LogP contribution in [0.1, 0.15) is 39.5 Å². The molecule has 0 aliphatic carbocycles. The summed E-state index contributed by atoms with van der Waals surface area (Å²) < 4.78 is 0. The van der Waals surface area contributed by atoms with Gasteiger partial charge in [0.05, 0.1) is 0 Å². The fraction of sp³-hybridized carbons (Fsp3) is 0.211. The average Bonchev–Trinajstić information content (AvgIpc) is 2.90. The summed E-state index contributed by atoms with van der Waals surface area (Å²) in [6, 6.07) is 12.1. The van der Waals surface area contributed by atoms with Crippen molar-refractivity contribution in [1.82, 2.24) is 4.98 Å². The highest BCUT2D eigenvalue weighted by molar-refractivity contribution is 6.17. The number of hydrogen-bond acceptors (Lipinski definition) is 1. The van der Waals surface area contributed by atoms with Crippen molar-refractivity contribution >= 4 is 16.7 Å². The van der Waals surface area contributed by atoms with Gasteiger partial charge in [0.25, 0.3) is 0 Å². The van der Waals surface area contributed by atoms with Crippen LogP contribution >= 0.6 is 0 Å². The van der Waals surface area contributed by atoms with Gasteiger partial charge in [0.15, 0.2) is 5.78 Å². The number of aryl methyl sites for hydroxylation is 3. The van der Waals surface area contributed by atoms with E-state index in [1.54, 1.807) is 0 Å². The number of para-hydroxylation sites is 1. The van der Waals surface area contributed by atoms with Crippen molar-refractivity contribution in [1.29, 1.82) is 0 Å². The monoisotopic (exact) mass is 277 g/mol. The molecule has 0 saturated carbocycles. The molecule has 0 unspecified atom stereocenters. The van der Waals surface area contributed by atoms with Crippen LogP contribution in [-0.2, 0) is 6.42 Å². The Kier molecular flexibility index (Phi) is 3.38. The van der Waals surface area contributed by atoms with Crippen molar-refractivity contribution in [2.24, 2.45) is 0 Å². The van der Waals surface area contributed by atoms with E-state index in [9.17, 15) is 4.79 Å². The number of carbonyl (C=O) groups excluding carboxylic acids is 1. The van der Waals surface area contributed by atoms with E-state index in [1.807, 2.05) is 50.4 Å². The van der Waals surface area contributed by atoms with Gasteiger partial charge >= 0.3 is 0 Å². The third-order valence-corrected chi connectivity index (χ3v) is 4.14. The maximum atomic E-state index is 12.9. The third kappa shape index (κ3) is 2.17. The Labute approximate surface area is 124 Å². The van der Waals surface area contributed by atoms with Crippen molar-refractivity contribution < 1.29 is 4.79 Å². The molecule has 0 saturated heterocycles. The second-order valence-corrected chi connectivity index (χ2v) is 5.49. The molecule has 0 bridgehead atoms. The highest BCUT2D eigenvalue weighted by Crippen LogP contribution is 2.26. The Hall–Kier alpha value is -2.35. The first-order chi connectivity index (χ1) is 10.1. The van der Waals surface area contributed by atoms with E-state index in [2.05, 4.69) is 18.0 Å². The predicted molar refractivity (Wildman–Crippen MR) is 87.0 cm³/mol. The minimum absolute atomic E-state index is 0.102. The number of aromatic amines is 1. The lowest BCUT2D eigenvalue weighted by Crippen LogP contribution is -2.05. The summed E-state index contributed by atoms with van der Waals surface area (Å²) in [5.74, 6) is 0.102. The van der Waals surface area contributed by atoms with E-state index in [4.69, 9.17) is 0 Å². The van der Waals surface area contributed by atoms with Crippen LogP contribution in [0.4, 0.5) is 0 Å². The van der Waals surface area contributed by atoms with Crippen molar-refractivity contribution in [3.8, 4) is 0 Å². The van der Waals surface area contributed by atoms with Gasteiger partial charge in [0.2, 0.25) is 0 Å². The van der Waals surface area contributed by atoms with Crippen LogP contribution in [0, 0.1) is 13.8 Å². The van der Waals surface area contributed by atoms with Gasteiger partial charge in [0.1, 0.15) is 0 Å². The molecule has 0 spiro atoms. The summed E-state index contributed by atoms with van der Waals surface area (Å²) in [5.41, 5.74) is 5.96. The number of rotatable bonds is 3. The average molecular weight is 277 g/mol. The molecule has 0 fully saturated rings. The Morgan fingerprint density at radius 1 is 1.05 bits per heavy atom. The molecule has 0 atom stereocenters. The molecule has 1 N–H and O–H groups in total. The minimum Gasteiger partial charge on any atom is -0.360 e. The number of aromatic nitrogens is 1. The Balaban J connectivity index is 2.19. The molecule has 106 valence electrons. The first kappa shape index (κ1) is 13.6. The van der Waals surface area contributed by atoms with Gasteiger partial charge in [-0.25, -0.2) is 0 Å². The quantitative estimate of drug-likeness (QED) is 0.698. The zero-order valence-electron chi connectivity index (χ0n) is 12.7. The van der Waals surface area contributed by atoms with Gasteiger partial charge in [-0.3, -0.25) is 4.79 Å². The predicted octanol–water partition coefficient (Wildman–Crippen LogP) is 4.58. The van der Waals surface area contributed by atoms with Gasteiger partial charge in [0, 0.05) is 28.2 Å². The van der Waals surface area contributed by atoms with Crippen molar-refractivity contribution in [2.45, 2.75) is 27.2 Å². The van der Waals surface area contributed by atoms with Gasteiger partial charge in [-0.05, 0) is 37.0 Å². The van der Waals surface area contributed by atoms with E-state index in [0.717, 1.165) is 39.6 Å². The maximum Gasteiger partial charge on any atom is 0.195 e. The number of ketones is 1. The summed E-state index contributed by atoms with van der Waals surface area (Å²) in [6.07, 6.45) is 2.80. The highest BCUT2D eigenvalue weighted by atomic mass is 16.1. The molecule has 2 aromatic carbocycles. The van der Waals surface area contributed by atoms with E-state index in [1.165, 1.54) is 5.56 Å². The molecule has 1 aromatic heterocycles. The smallest absolute Gasteiger partial charge is 0.195 e. The number of carbonyl (C=O) groups is 1.